The number of hydrogen-bond donors (Lipinski definition) is 2. The van der Waals surface area contributed by atoms with E-state index in [2.05, 4.69) is 10.3 Å². The number of aromatic nitrogens is 2. The molecule has 2 aromatic rings. The molecule has 0 aliphatic heterocycles. The van der Waals surface area contributed by atoms with Gasteiger partial charge in [0, 0.05) is 31.0 Å². The number of aromatic hydroxyl groups is 1. The van der Waals surface area contributed by atoms with E-state index in [1.165, 1.54) is 12.1 Å². The molecule has 2 rings (SSSR count). The van der Waals surface area contributed by atoms with Crippen LogP contribution in [-0.2, 0) is 11.3 Å². The van der Waals surface area contributed by atoms with Crippen LogP contribution in [0.15, 0.2) is 30.9 Å². The summed E-state index contributed by atoms with van der Waals surface area (Å²) in [4.78, 5) is 15.6. The van der Waals surface area contributed by atoms with Gasteiger partial charge in [0.1, 0.15) is 0 Å². The van der Waals surface area contributed by atoms with Crippen LogP contribution in [0, 0.1) is 0 Å². The topological polar surface area (TPSA) is 67.2 Å². The number of phenols is 1. The van der Waals surface area contributed by atoms with Gasteiger partial charge in [-0.05, 0) is 12.1 Å². The fourth-order valence-electron chi connectivity index (χ4n) is 1.51. The molecule has 0 spiro atoms. The summed E-state index contributed by atoms with van der Waals surface area (Å²) < 4.78 is 1.80. The molecule has 5 nitrogen and oxygen atoms in total. The average molecular weight is 300 g/mol. The minimum Gasteiger partial charge on any atom is -0.505 e. The third-order valence-corrected chi connectivity index (χ3v) is 3.03. The number of carbonyl (C=O) groups excluding carboxylic acids is 1. The van der Waals surface area contributed by atoms with E-state index in [-0.39, 0.29) is 21.7 Å². The van der Waals surface area contributed by atoms with E-state index in [0.29, 0.717) is 18.7 Å². The molecule has 1 amide bonds. The zero-order valence-corrected chi connectivity index (χ0v) is 11.3. The minimum absolute atomic E-state index is 0.0948. The lowest BCUT2D eigenvalue weighted by molar-refractivity contribution is -0.116. The van der Waals surface area contributed by atoms with Gasteiger partial charge in [-0.3, -0.25) is 4.79 Å². The normalized spacial score (nSPS) is 10.4. The van der Waals surface area contributed by atoms with E-state index < -0.39 is 0 Å². The minimum atomic E-state index is -0.195. The van der Waals surface area contributed by atoms with Gasteiger partial charge >= 0.3 is 0 Å². The first kappa shape index (κ1) is 13.7. The largest absolute Gasteiger partial charge is 0.505 e. The van der Waals surface area contributed by atoms with Crippen LogP contribution in [0.2, 0.25) is 10.0 Å². The predicted octanol–water partition coefficient (Wildman–Crippen LogP) is 2.92. The van der Waals surface area contributed by atoms with Crippen molar-refractivity contribution in [2.24, 2.45) is 0 Å². The van der Waals surface area contributed by atoms with Gasteiger partial charge in [-0.25, -0.2) is 4.98 Å². The smallest absolute Gasteiger partial charge is 0.226 e. The lowest BCUT2D eigenvalue weighted by Crippen LogP contribution is -2.14. The lowest BCUT2D eigenvalue weighted by Gasteiger charge is -2.08. The summed E-state index contributed by atoms with van der Waals surface area (Å²) in [5, 5.41) is 12.3. The Morgan fingerprint density at radius 2 is 2.05 bits per heavy atom. The Morgan fingerprint density at radius 3 is 2.63 bits per heavy atom. The first-order valence-electron chi connectivity index (χ1n) is 5.50. The Labute approximate surface area is 119 Å². The molecule has 7 heteroatoms. The van der Waals surface area contributed by atoms with Crippen molar-refractivity contribution in [3.63, 3.8) is 0 Å². The van der Waals surface area contributed by atoms with Gasteiger partial charge in [-0.2, -0.15) is 0 Å². The zero-order valence-electron chi connectivity index (χ0n) is 9.81. The summed E-state index contributed by atoms with van der Waals surface area (Å²) in [5.41, 5.74) is 0.448. The highest BCUT2D eigenvalue weighted by molar-refractivity contribution is 6.37. The first-order valence-corrected chi connectivity index (χ1v) is 6.25. The molecule has 0 bridgehead atoms. The molecule has 100 valence electrons. The Hall–Kier alpha value is -1.72. The molecule has 0 fully saturated rings. The molecule has 0 aliphatic carbocycles. The van der Waals surface area contributed by atoms with Crippen molar-refractivity contribution < 1.29 is 9.90 Å². The Balaban J connectivity index is 1.95. The second-order valence-electron chi connectivity index (χ2n) is 3.89. The summed E-state index contributed by atoms with van der Waals surface area (Å²) in [5.74, 6) is -0.369. The summed E-state index contributed by atoms with van der Waals surface area (Å²) in [7, 11) is 0. The quantitative estimate of drug-likeness (QED) is 0.853. The standard InChI is InChI=1S/C12H11Cl2N3O2/c13-9-5-8(6-10(14)12(9)19)16-11(18)1-3-17-4-2-15-7-17/h2,4-7,19H,1,3H2,(H,16,18). The number of phenolic OH excluding ortho intramolecular Hbond substituents is 1. The van der Waals surface area contributed by atoms with E-state index in [1.54, 1.807) is 23.3 Å². The third kappa shape index (κ3) is 3.62. The van der Waals surface area contributed by atoms with E-state index >= 15 is 0 Å². The van der Waals surface area contributed by atoms with Crippen LogP contribution in [0.3, 0.4) is 0 Å². The molecule has 0 saturated heterocycles. The van der Waals surface area contributed by atoms with Crippen molar-refractivity contribution in [3.8, 4) is 5.75 Å². The second-order valence-corrected chi connectivity index (χ2v) is 4.70. The van der Waals surface area contributed by atoms with Crippen LogP contribution in [0.4, 0.5) is 5.69 Å². The van der Waals surface area contributed by atoms with Gasteiger partial charge in [0.25, 0.3) is 0 Å². The summed E-state index contributed by atoms with van der Waals surface area (Å²) in [6.07, 6.45) is 5.37. The molecule has 1 aromatic heterocycles. The van der Waals surface area contributed by atoms with Crippen LogP contribution in [0.1, 0.15) is 6.42 Å². The maximum absolute atomic E-state index is 11.7. The van der Waals surface area contributed by atoms with Crippen LogP contribution >= 0.6 is 23.2 Å². The van der Waals surface area contributed by atoms with Crippen LogP contribution in [0.25, 0.3) is 0 Å². The van der Waals surface area contributed by atoms with E-state index in [9.17, 15) is 9.90 Å². The highest BCUT2D eigenvalue weighted by Gasteiger charge is 2.09. The summed E-state index contributed by atoms with van der Waals surface area (Å²) in [6.45, 7) is 0.533. The monoisotopic (exact) mass is 299 g/mol. The van der Waals surface area contributed by atoms with Gasteiger partial charge in [0.2, 0.25) is 5.91 Å². The fraction of sp³-hybridized carbons (Fsp3) is 0.167. The predicted molar refractivity (Wildman–Crippen MR) is 73.6 cm³/mol. The SMILES string of the molecule is O=C(CCn1ccnc1)Nc1cc(Cl)c(O)c(Cl)c1. The third-order valence-electron chi connectivity index (χ3n) is 2.46. The highest BCUT2D eigenvalue weighted by Crippen LogP contribution is 2.34. The Morgan fingerprint density at radius 1 is 1.37 bits per heavy atom. The zero-order chi connectivity index (χ0) is 13.8. The highest BCUT2D eigenvalue weighted by atomic mass is 35.5. The summed E-state index contributed by atoms with van der Waals surface area (Å²) in [6, 6.07) is 2.88. The number of benzene rings is 1. The number of halogens is 2. The Bertz CT molecular complexity index is 562. The van der Waals surface area contributed by atoms with Crippen molar-refractivity contribution in [2.75, 3.05) is 5.32 Å². The molecular formula is C12H11Cl2N3O2. The van der Waals surface area contributed by atoms with E-state index in [4.69, 9.17) is 23.2 Å². The van der Waals surface area contributed by atoms with Crippen molar-refractivity contribution >= 4 is 34.8 Å². The van der Waals surface area contributed by atoms with Gasteiger partial charge in [-0.1, -0.05) is 23.2 Å². The van der Waals surface area contributed by atoms with Crippen molar-refractivity contribution in [3.05, 3.63) is 40.9 Å². The van der Waals surface area contributed by atoms with Crippen molar-refractivity contribution in [2.45, 2.75) is 13.0 Å². The maximum atomic E-state index is 11.7. The first-order chi connectivity index (χ1) is 9.06. The van der Waals surface area contributed by atoms with Crippen molar-refractivity contribution in [1.29, 1.82) is 0 Å². The number of anilines is 1. The van der Waals surface area contributed by atoms with Gasteiger partial charge < -0.3 is 15.0 Å². The number of nitrogens with one attached hydrogen (secondary N) is 1. The number of rotatable bonds is 4. The van der Waals surface area contributed by atoms with Gasteiger partial charge in [0.05, 0.1) is 16.4 Å². The van der Waals surface area contributed by atoms with Crippen LogP contribution in [-0.4, -0.2) is 20.6 Å². The molecule has 0 radical (unpaired) electrons. The van der Waals surface area contributed by atoms with Gasteiger partial charge in [0.15, 0.2) is 5.75 Å². The lowest BCUT2D eigenvalue weighted by atomic mass is 10.3. The van der Waals surface area contributed by atoms with Crippen LogP contribution in [0.5, 0.6) is 5.75 Å². The van der Waals surface area contributed by atoms with Gasteiger partial charge in [-0.15, -0.1) is 0 Å². The number of hydrogen-bond acceptors (Lipinski definition) is 3. The summed E-state index contributed by atoms with van der Waals surface area (Å²) >= 11 is 11.5. The molecule has 0 unspecified atom stereocenters. The molecule has 0 atom stereocenters. The number of nitrogens with zero attached hydrogens (tertiary/aromatic N) is 2. The molecule has 19 heavy (non-hydrogen) atoms. The molecular weight excluding hydrogens is 289 g/mol. The second kappa shape index (κ2) is 5.95. The molecule has 0 aliphatic rings. The fourth-order valence-corrected chi connectivity index (χ4v) is 2.00. The number of imidazole rings is 1. The number of aryl methyl sites for hydroxylation is 1. The number of carbonyl (C=O) groups is 1. The van der Waals surface area contributed by atoms with E-state index in [1.807, 2.05) is 0 Å². The molecule has 1 aromatic carbocycles. The average Bonchev–Trinajstić information content (AvgIpc) is 2.86. The van der Waals surface area contributed by atoms with Crippen LogP contribution < -0.4 is 5.32 Å². The maximum Gasteiger partial charge on any atom is 0.226 e. The van der Waals surface area contributed by atoms with Crippen molar-refractivity contribution in [1.82, 2.24) is 9.55 Å². The van der Waals surface area contributed by atoms with E-state index in [0.717, 1.165) is 0 Å². The Kier molecular flexibility index (Phi) is 4.29. The molecule has 0 saturated carbocycles. The number of amides is 1. The molecule has 2 N–H and O–H groups in total. The molecule has 1 heterocycles.